The van der Waals surface area contributed by atoms with E-state index in [9.17, 15) is 28.8 Å². The monoisotopic (exact) mass is 906 g/mol. The first-order valence-corrected chi connectivity index (χ1v) is 23.0. The third kappa shape index (κ3) is 14.1. The zero-order valence-electron chi connectivity index (χ0n) is 36.6. The van der Waals surface area contributed by atoms with Crippen molar-refractivity contribution in [1.82, 2.24) is 0 Å². The molecule has 64 heavy (non-hydrogen) atoms. The number of carbonyl (C=O) groups is 6. The molecular weight excluding hydrogens is 845 g/mol. The fraction of sp³-hybridized carbons (Fsp3) is 0.667. The number of esters is 6. The molecule has 0 N–H and O–H groups in total. The molecule has 0 aliphatic heterocycles. The quantitative estimate of drug-likeness (QED) is 0.0233. The van der Waals surface area contributed by atoms with E-state index in [1.807, 2.05) is 0 Å². The number of hydrogen-bond acceptors (Lipinski definition) is 12. The van der Waals surface area contributed by atoms with Gasteiger partial charge < -0.3 is 28.4 Å². The van der Waals surface area contributed by atoms with Crippen molar-refractivity contribution in [3.63, 3.8) is 0 Å². The molecule has 16 heteroatoms. The Labute approximate surface area is 372 Å². The van der Waals surface area contributed by atoms with Crippen molar-refractivity contribution in [3.05, 3.63) is 48.6 Å². The second kappa shape index (κ2) is 25.1. The fourth-order valence-corrected chi connectivity index (χ4v) is 9.90. The Bertz CT molecular complexity index is 1650. The van der Waals surface area contributed by atoms with Gasteiger partial charge in [-0.1, -0.05) is 13.2 Å². The lowest BCUT2D eigenvalue weighted by Gasteiger charge is -2.36. The smallest absolute Gasteiger partial charge is 0.330 e. The van der Waals surface area contributed by atoms with Crippen LogP contribution in [0.2, 0.25) is 0 Å². The minimum atomic E-state index is -1.97. The molecule has 0 aromatic heterocycles. The first-order valence-electron chi connectivity index (χ1n) is 23.0. The van der Waals surface area contributed by atoms with Gasteiger partial charge in [-0.15, -0.1) is 0 Å². The normalized spacial score (nSPS) is 25.8. The maximum absolute atomic E-state index is 15.2. The second-order valence-electron chi connectivity index (χ2n) is 17.7. The van der Waals surface area contributed by atoms with E-state index < -0.39 is 70.5 Å². The summed E-state index contributed by atoms with van der Waals surface area (Å²) in [5.41, 5.74) is 0. The molecule has 1 aromatic rings. The van der Waals surface area contributed by atoms with Gasteiger partial charge in [0.25, 0.3) is 0 Å². The molecule has 4 aliphatic carbocycles. The standard InChI is InChI=1S/C48H62F4O12/c1-3-37(53)59-25-5-7-27-61-45(55)33-17-9-29(10-18-33)31-13-21-35(22-14-31)47(57)63-43-39(49)41(51)44(42(52)40(43)50)64-48(58)36-23-15-32(16-24-36)30-11-19-34(20-12-30)46(56)62-28-8-6-26-60-38(54)4-2/h3-4,29-36H,1-2,5-28H2. The maximum Gasteiger partial charge on any atom is 0.330 e. The molecule has 0 radical (unpaired) electrons. The van der Waals surface area contributed by atoms with E-state index in [2.05, 4.69) is 13.2 Å². The number of carbonyl (C=O) groups excluding carboxylic acids is 6. The Morgan fingerprint density at radius 2 is 0.625 bits per heavy atom. The van der Waals surface area contributed by atoms with Crippen molar-refractivity contribution in [2.45, 2.75) is 128 Å². The van der Waals surface area contributed by atoms with Crippen molar-refractivity contribution < 1.29 is 74.8 Å². The molecule has 0 amide bonds. The lowest BCUT2D eigenvalue weighted by molar-refractivity contribution is -0.151. The van der Waals surface area contributed by atoms with Gasteiger partial charge in [0.2, 0.25) is 34.8 Å². The van der Waals surface area contributed by atoms with Gasteiger partial charge in [-0.25, -0.2) is 9.59 Å². The lowest BCUT2D eigenvalue weighted by Crippen LogP contribution is -2.32. The Balaban J connectivity index is 0.994. The summed E-state index contributed by atoms with van der Waals surface area (Å²) in [7, 11) is 0. The Morgan fingerprint density at radius 1 is 0.391 bits per heavy atom. The number of unbranched alkanes of at least 4 members (excludes halogenated alkanes) is 2. The molecule has 0 unspecified atom stereocenters. The van der Waals surface area contributed by atoms with Gasteiger partial charge in [-0.2, -0.15) is 17.6 Å². The highest BCUT2D eigenvalue weighted by Crippen LogP contribution is 2.44. The number of rotatable bonds is 20. The van der Waals surface area contributed by atoms with Crippen LogP contribution < -0.4 is 9.47 Å². The fourth-order valence-electron chi connectivity index (χ4n) is 9.90. The van der Waals surface area contributed by atoms with Crippen LogP contribution in [0.1, 0.15) is 128 Å². The predicted molar refractivity (Wildman–Crippen MR) is 222 cm³/mol. The van der Waals surface area contributed by atoms with E-state index in [0.717, 1.165) is 37.8 Å². The van der Waals surface area contributed by atoms with Crippen LogP contribution in [-0.4, -0.2) is 62.2 Å². The third-order valence-electron chi connectivity index (χ3n) is 13.7. The molecule has 4 aliphatic rings. The van der Waals surface area contributed by atoms with Crippen molar-refractivity contribution in [2.24, 2.45) is 47.3 Å². The van der Waals surface area contributed by atoms with Crippen LogP contribution in [-0.2, 0) is 47.7 Å². The zero-order valence-corrected chi connectivity index (χ0v) is 36.6. The van der Waals surface area contributed by atoms with E-state index >= 15 is 17.6 Å². The Kier molecular flexibility index (Phi) is 19.7. The van der Waals surface area contributed by atoms with Gasteiger partial charge >= 0.3 is 35.8 Å². The largest absolute Gasteiger partial charge is 0.465 e. The molecule has 4 fully saturated rings. The minimum absolute atomic E-state index is 0.196. The van der Waals surface area contributed by atoms with Crippen molar-refractivity contribution in [1.29, 1.82) is 0 Å². The molecule has 0 saturated heterocycles. The van der Waals surface area contributed by atoms with E-state index in [1.165, 1.54) is 0 Å². The van der Waals surface area contributed by atoms with E-state index in [1.54, 1.807) is 0 Å². The summed E-state index contributed by atoms with van der Waals surface area (Å²) in [5, 5.41) is 0. The average Bonchev–Trinajstić information content (AvgIpc) is 3.32. The molecule has 0 heterocycles. The summed E-state index contributed by atoms with van der Waals surface area (Å²) in [4.78, 5) is 73.4. The van der Waals surface area contributed by atoms with Crippen LogP contribution in [0.25, 0.3) is 0 Å². The molecule has 1 aromatic carbocycles. The SMILES string of the molecule is C=CC(=O)OCCCCOC(=O)C1CCC(C2CCC(C(=O)Oc3c(F)c(F)c(OC(=O)C4CCC(C5CCC(C(=O)OCCCCOC(=O)C=C)CC5)CC4)c(F)c3F)CC2)CC1. The van der Waals surface area contributed by atoms with Gasteiger partial charge in [0.05, 0.1) is 50.1 Å². The van der Waals surface area contributed by atoms with Gasteiger partial charge in [0.15, 0.2) is 0 Å². The number of hydrogen-bond donors (Lipinski definition) is 0. The molecular formula is C48H62F4O12. The predicted octanol–water partition coefficient (Wildman–Crippen LogP) is 9.38. The molecule has 354 valence electrons. The van der Waals surface area contributed by atoms with E-state index in [0.29, 0.717) is 115 Å². The van der Waals surface area contributed by atoms with E-state index in [-0.39, 0.29) is 62.0 Å². The van der Waals surface area contributed by atoms with Crippen LogP contribution in [0.15, 0.2) is 25.3 Å². The first kappa shape index (κ1) is 50.2. The zero-order chi connectivity index (χ0) is 46.2. The lowest BCUT2D eigenvalue weighted by atomic mass is 9.69. The Hall–Kier alpha value is -4.76. The second-order valence-corrected chi connectivity index (χ2v) is 17.7. The third-order valence-corrected chi connectivity index (χ3v) is 13.7. The van der Waals surface area contributed by atoms with Crippen LogP contribution >= 0.6 is 0 Å². The Morgan fingerprint density at radius 3 is 0.875 bits per heavy atom. The summed E-state index contributed by atoms with van der Waals surface area (Å²) < 4.78 is 91.3. The number of benzene rings is 1. The molecule has 12 nitrogen and oxygen atoms in total. The van der Waals surface area contributed by atoms with Crippen LogP contribution in [0.5, 0.6) is 11.5 Å². The number of halogens is 4. The van der Waals surface area contributed by atoms with Gasteiger partial charge in [0.1, 0.15) is 0 Å². The number of ether oxygens (including phenoxy) is 6. The van der Waals surface area contributed by atoms with Gasteiger partial charge in [-0.05, 0) is 152 Å². The summed E-state index contributed by atoms with van der Waals surface area (Å²) in [6, 6.07) is 0. The topological polar surface area (TPSA) is 158 Å². The van der Waals surface area contributed by atoms with Crippen molar-refractivity contribution >= 4 is 35.8 Å². The van der Waals surface area contributed by atoms with Crippen LogP contribution in [0, 0.1) is 70.6 Å². The van der Waals surface area contributed by atoms with Gasteiger partial charge in [-0.3, -0.25) is 19.2 Å². The highest BCUT2D eigenvalue weighted by Gasteiger charge is 2.39. The first-order chi connectivity index (χ1) is 30.8. The molecule has 0 atom stereocenters. The highest BCUT2D eigenvalue weighted by molar-refractivity contribution is 5.81. The van der Waals surface area contributed by atoms with Gasteiger partial charge in [0, 0.05) is 12.2 Å². The van der Waals surface area contributed by atoms with Crippen molar-refractivity contribution in [3.8, 4) is 11.5 Å². The van der Waals surface area contributed by atoms with E-state index in [4.69, 9.17) is 28.4 Å². The molecule has 0 bridgehead atoms. The molecule has 4 saturated carbocycles. The summed E-state index contributed by atoms with van der Waals surface area (Å²) in [6.07, 6.45) is 14.4. The highest BCUT2D eigenvalue weighted by atomic mass is 19.2. The van der Waals surface area contributed by atoms with Crippen molar-refractivity contribution in [2.75, 3.05) is 26.4 Å². The van der Waals surface area contributed by atoms with Crippen LogP contribution in [0.3, 0.4) is 0 Å². The molecule has 0 spiro atoms. The molecule has 5 rings (SSSR count). The maximum atomic E-state index is 15.2. The summed E-state index contributed by atoms with van der Waals surface area (Å²) >= 11 is 0. The van der Waals surface area contributed by atoms with Crippen LogP contribution in [0.4, 0.5) is 17.6 Å². The average molecular weight is 907 g/mol. The summed E-state index contributed by atoms with van der Waals surface area (Å²) in [6.45, 7) is 7.60. The summed E-state index contributed by atoms with van der Waals surface area (Å²) in [5.74, 6) is -15.1. The minimum Gasteiger partial charge on any atom is -0.465 e.